The van der Waals surface area contributed by atoms with Crippen molar-refractivity contribution < 1.29 is 33.3 Å². The summed E-state index contributed by atoms with van der Waals surface area (Å²) in [5.74, 6) is -1.88. The molecule has 0 saturated heterocycles. The number of hydrogen-bond donors (Lipinski definition) is 0. The molecule has 7 heteroatoms. The highest BCUT2D eigenvalue weighted by molar-refractivity contribution is 6.29. The van der Waals surface area contributed by atoms with Crippen LogP contribution < -0.4 is 4.74 Å². The molecule has 1 aromatic rings. The fourth-order valence-corrected chi connectivity index (χ4v) is 1.65. The third-order valence-corrected chi connectivity index (χ3v) is 3.05. The van der Waals surface area contributed by atoms with Crippen molar-refractivity contribution in [1.29, 1.82) is 0 Å². The van der Waals surface area contributed by atoms with Crippen LogP contribution in [0.25, 0.3) is 0 Å². The van der Waals surface area contributed by atoms with Gasteiger partial charge in [-0.2, -0.15) is 0 Å². The van der Waals surface area contributed by atoms with Gasteiger partial charge in [0.15, 0.2) is 0 Å². The minimum Gasteiger partial charge on any atom is -0.497 e. The zero-order chi connectivity index (χ0) is 18.7. The first-order chi connectivity index (χ1) is 11.9. The lowest BCUT2D eigenvalue weighted by Gasteiger charge is -2.07. The van der Waals surface area contributed by atoms with Crippen LogP contribution >= 0.6 is 0 Å². The SMILES string of the molecule is C=C(C)C(=O)OCCCCOC(=O)C(=O)OCc1ccc(OC)cc1. The van der Waals surface area contributed by atoms with Crippen molar-refractivity contribution in [2.24, 2.45) is 0 Å². The van der Waals surface area contributed by atoms with E-state index in [1.807, 2.05) is 0 Å². The monoisotopic (exact) mass is 350 g/mol. The first-order valence-electron chi connectivity index (χ1n) is 7.73. The summed E-state index contributed by atoms with van der Waals surface area (Å²) in [7, 11) is 1.55. The molecule has 1 aromatic carbocycles. The number of rotatable bonds is 9. The Morgan fingerprint density at radius 3 is 1.92 bits per heavy atom. The molecule has 0 atom stereocenters. The largest absolute Gasteiger partial charge is 0.497 e. The van der Waals surface area contributed by atoms with Gasteiger partial charge in [-0.15, -0.1) is 0 Å². The molecular weight excluding hydrogens is 328 g/mol. The Balaban J connectivity index is 2.16. The highest BCUT2D eigenvalue weighted by Crippen LogP contribution is 2.12. The van der Waals surface area contributed by atoms with E-state index >= 15 is 0 Å². The van der Waals surface area contributed by atoms with Crippen LogP contribution in [0.1, 0.15) is 25.3 Å². The van der Waals surface area contributed by atoms with Gasteiger partial charge in [0.1, 0.15) is 12.4 Å². The Labute approximate surface area is 146 Å². The average molecular weight is 350 g/mol. The van der Waals surface area contributed by atoms with Crippen LogP contribution in [0.4, 0.5) is 0 Å². The summed E-state index contributed by atoms with van der Waals surface area (Å²) in [5.41, 5.74) is 1.05. The highest BCUT2D eigenvalue weighted by Gasteiger charge is 2.17. The summed E-state index contributed by atoms with van der Waals surface area (Å²) in [5, 5.41) is 0. The molecule has 0 aliphatic rings. The van der Waals surface area contributed by atoms with Gasteiger partial charge >= 0.3 is 17.9 Å². The fraction of sp³-hybridized carbons (Fsp3) is 0.389. The number of ether oxygens (including phenoxy) is 4. The molecule has 0 spiro atoms. The van der Waals surface area contributed by atoms with E-state index in [-0.39, 0.29) is 19.8 Å². The highest BCUT2D eigenvalue weighted by atomic mass is 16.6. The van der Waals surface area contributed by atoms with Gasteiger partial charge in [-0.25, -0.2) is 14.4 Å². The number of benzene rings is 1. The van der Waals surface area contributed by atoms with Crippen LogP contribution in [0.15, 0.2) is 36.4 Å². The van der Waals surface area contributed by atoms with Crippen molar-refractivity contribution in [2.75, 3.05) is 20.3 Å². The second-order valence-corrected chi connectivity index (χ2v) is 5.18. The molecule has 0 heterocycles. The number of esters is 3. The Kier molecular flexibility index (Phi) is 8.78. The molecule has 0 fully saturated rings. The lowest BCUT2D eigenvalue weighted by Crippen LogP contribution is -2.21. The minimum absolute atomic E-state index is 0.0330. The average Bonchev–Trinajstić information content (AvgIpc) is 2.62. The summed E-state index contributed by atoms with van der Waals surface area (Å²) >= 11 is 0. The van der Waals surface area contributed by atoms with E-state index in [1.165, 1.54) is 0 Å². The van der Waals surface area contributed by atoms with Crippen molar-refractivity contribution in [1.82, 2.24) is 0 Å². The van der Waals surface area contributed by atoms with Gasteiger partial charge in [0.25, 0.3) is 0 Å². The van der Waals surface area contributed by atoms with E-state index in [0.29, 0.717) is 24.2 Å². The maximum absolute atomic E-state index is 11.5. The van der Waals surface area contributed by atoms with Gasteiger partial charge in [0.2, 0.25) is 0 Å². The van der Waals surface area contributed by atoms with E-state index in [2.05, 4.69) is 6.58 Å². The van der Waals surface area contributed by atoms with Crippen LogP contribution in [-0.4, -0.2) is 38.2 Å². The van der Waals surface area contributed by atoms with Crippen molar-refractivity contribution >= 4 is 17.9 Å². The van der Waals surface area contributed by atoms with Gasteiger partial charge in [0, 0.05) is 5.57 Å². The Hall–Kier alpha value is -2.83. The number of carbonyl (C=O) groups is 3. The van der Waals surface area contributed by atoms with E-state index in [9.17, 15) is 14.4 Å². The lowest BCUT2D eigenvalue weighted by molar-refractivity contribution is -0.168. The van der Waals surface area contributed by atoms with Crippen molar-refractivity contribution in [2.45, 2.75) is 26.4 Å². The quantitative estimate of drug-likeness (QED) is 0.222. The molecule has 0 unspecified atom stereocenters. The molecule has 25 heavy (non-hydrogen) atoms. The minimum atomic E-state index is -1.05. The van der Waals surface area contributed by atoms with Crippen molar-refractivity contribution in [3.63, 3.8) is 0 Å². The van der Waals surface area contributed by atoms with Crippen LogP contribution in [0, 0.1) is 0 Å². The molecule has 0 aliphatic carbocycles. The van der Waals surface area contributed by atoms with E-state index in [1.54, 1.807) is 38.3 Å². The van der Waals surface area contributed by atoms with E-state index < -0.39 is 17.9 Å². The van der Waals surface area contributed by atoms with Gasteiger partial charge in [0.05, 0.1) is 20.3 Å². The number of methoxy groups -OCH3 is 1. The summed E-state index contributed by atoms with van der Waals surface area (Å²) < 4.78 is 19.6. The number of unbranched alkanes of at least 4 members (excludes halogenated alkanes) is 1. The van der Waals surface area contributed by atoms with Gasteiger partial charge in [-0.1, -0.05) is 18.7 Å². The summed E-state index contributed by atoms with van der Waals surface area (Å²) in [4.78, 5) is 34.1. The first kappa shape index (κ1) is 20.2. The molecule has 0 bridgehead atoms. The van der Waals surface area contributed by atoms with E-state index in [4.69, 9.17) is 18.9 Å². The Bertz CT molecular complexity index is 604. The van der Waals surface area contributed by atoms with Crippen molar-refractivity contribution in [3.05, 3.63) is 42.0 Å². The van der Waals surface area contributed by atoms with Gasteiger partial charge < -0.3 is 18.9 Å². The summed E-state index contributed by atoms with van der Waals surface area (Å²) in [6.45, 7) is 5.23. The predicted molar refractivity (Wildman–Crippen MR) is 88.8 cm³/mol. The zero-order valence-electron chi connectivity index (χ0n) is 14.4. The van der Waals surface area contributed by atoms with Gasteiger partial charge in [-0.3, -0.25) is 0 Å². The lowest BCUT2D eigenvalue weighted by atomic mass is 10.2. The summed E-state index contributed by atoms with van der Waals surface area (Å²) in [6.07, 6.45) is 0.966. The number of carbonyl (C=O) groups excluding carboxylic acids is 3. The molecule has 7 nitrogen and oxygen atoms in total. The van der Waals surface area contributed by atoms with Crippen LogP contribution in [0.2, 0.25) is 0 Å². The van der Waals surface area contributed by atoms with E-state index in [0.717, 1.165) is 5.56 Å². The predicted octanol–water partition coefficient (Wildman–Crippen LogP) is 2.18. The molecule has 0 saturated carbocycles. The number of hydrogen-bond acceptors (Lipinski definition) is 7. The maximum atomic E-state index is 11.5. The summed E-state index contributed by atoms with van der Waals surface area (Å²) in [6, 6.07) is 6.90. The Morgan fingerprint density at radius 1 is 0.880 bits per heavy atom. The maximum Gasteiger partial charge on any atom is 0.417 e. The van der Waals surface area contributed by atoms with Crippen LogP contribution in [0.5, 0.6) is 5.75 Å². The van der Waals surface area contributed by atoms with Crippen LogP contribution in [-0.2, 0) is 35.2 Å². The molecule has 0 radical (unpaired) electrons. The smallest absolute Gasteiger partial charge is 0.417 e. The second-order valence-electron chi connectivity index (χ2n) is 5.18. The zero-order valence-corrected chi connectivity index (χ0v) is 14.4. The first-order valence-corrected chi connectivity index (χ1v) is 7.73. The molecular formula is C18H22O7. The van der Waals surface area contributed by atoms with Crippen molar-refractivity contribution in [3.8, 4) is 5.75 Å². The standard InChI is InChI=1S/C18H22O7/c1-13(2)16(19)23-10-4-5-11-24-17(20)18(21)25-12-14-6-8-15(22-3)9-7-14/h6-9H,1,4-5,10-12H2,2-3H3. The third-order valence-electron chi connectivity index (χ3n) is 3.05. The Morgan fingerprint density at radius 2 is 1.40 bits per heavy atom. The molecule has 0 aliphatic heterocycles. The topological polar surface area (TPSA) is 88.1 Å². The molecule has 0 N–H and O–H groups in total. The third kappa shape index (κ3) is 8.01. The molecule has 1 rings (SSSR count). The fourth-order valence-electron chi connectivity index (χ4n) is 1.65. The molecule has 0 amide bonds. The van der Waals surface area contributed by atoms with Crippen LogP contribution in [0.3, 0.4) is 0 Å². The second kappa shape index (κ2) is 10.9. The molecule has 136 valence electrons. The normalized spacial score (nSPS) is 9.84. The molecule has 0 aromatic heterocycles. The van der Waals surface area contributed by atoms with Gasteiger partial charge in [-0.05, 0) is 37.5 Å².